The fourth-order valence-corrected chi connectivity index (χ4v) is 1.64. The van der Waals surface area contributed by atoms with Crippen molar-refractivity contribution in [2.45, 2.75) is 38.6 Å². The molecule has 0 radical (unpaired) electrons. The van der Waals surface area contributed by atoms with Crippen molar-refractivity contribution in [2.75, 3.05) is 19.8 Å². The summed E-state index contributed by atoms with van der Waals surface area (Å²) in [6.07, 6.45) is 5.17. The van der Waals surface area contributed by atoms with Crippen LogP contribution in [0.25, 0.3) is 0 Å². The lowest BCUT2D eigenvalue weighted by atomic mass is 10.0. The summed E-state index contributed by atoms with van der Waals surface area (Å²) in [7, 11) is 0. The van der Waals surface area contributed by atoms with Crippen molar-refractivity contribution in [3.05, 3.63) is 12.2 Å². The highest BCUT2D eigenvalue weighted by Gasteiger charge is 2.11. The molecule has 1 aliphatic heterocycles. The Kier molecular flexibility index (Phi) is 5.09. The molecular formula is C11H21NO. The van der Waals surface area contributed by atoms with Crippen LogP contribution >= 0.6 is 0 Å². The van der Waals surface area contributed by atoms with Gasteiger partial charge in [-0.1, -0.05) is 18.6 Å². The second-order valence-electron chi connectivity index (χ2n) is 3.95. The molecule has 2 heteroatoms. The summed E-state index contributed by atoms with van der Waals surface area (Å²) in [4.78, 5) is 0. The molecule has 1 aliphatic rings. The highest BCUT2D eigenvalue weighted by atomic mass is 16.5. The lowest BCUT2D eigenvalue weighted by Gasteiger charge is -2.23. The van der Waals surface area contributed by atoms with Gasteiger partial charge in [0.05, 0.1) is 6.61 Å². The summed E-state index contributed by atoms with van der Waals surface area (Å²) in [5, 5.41) is 3.50. The zero-order valence-corrected chi connectivity index (χ0v) is 8.64. The molecule has 0 aromatic heterocycles. The number of hydrogen-bond donors (Lipinski definition) is 1. The van der Waals surface area contributed by atoms with Gasteiger partial charge >= 0.3 is 0 Å². The third kappa shape index (κ3) is 5.06. The van der Waals surface area contributed by atoms with Crippen LogP contribution in [0.5, 0.6) is 0 Å². The van der Waals surface area contributed by atoms with Crippen molar-refractivity contribution in [2.24, 2.45) is 0 Å². The smallest absolute Gasteiger partial charge is 0.0671 e. The fourth-order valence-electron chi connectivity index (χ4n) is 1.64. The van der Waals surface area contributed by atoms with Gasteiger partial charge in [0.1, 0.15) is 0 Å². The van der Waals surface area contributed by atoms with E-state index in [0.717, 1.165) is 18.6 Å². The molecule has 76 valence electrons. The van der Waals surface area contributed by atoms with Crippen LogP contribution in [0, 0.1) is 0 Å². The number of hydrogen-bond acceptors (Lipinski definition) is 2. The van der Waals surface area contributed by atoms with Crippen molar-refractivity contribution in [1.82, 2.24) is 5.32 Å². The third-order valence-corrected chi connectivity index (χ3v) is 2.37. The topological polar surface area (TPSA) is 21.3 Å². The van der Waals surface area contributed by atoms with Crippen LogP contribution in [0.3, 0.4) is 0 Å². The zero-order chi connectivity index (χ0) is 9.52. The Morgan fingerprint density at radius 2 is 2.38 bits per heavy atom. The zero-order valence-electron chi connectivity index (χ0n) is 8.64. The van der Waals surface area contributed by atoms with Crippen LogP contribution < -0.4 is 5.32 Å². The quantitative estimate of drug-likeness (QED) is 0.520. The lowest BCUT2D eigenvalue weighted by Crippen LogP contribution is -2.34. The number of ether oxygens (including phenoxy) is 1. The maximum Gasteiger partial charge on any atom is 0.0671 e. The first-order valence-corrected chi connectivity index (χ1v) is 5.24. The Bertz CT molecular complexity index is 150. The van der Waals surface area contributed by atoms with Gasteiger partial charge in [0.2, 0.25) is 0 Å². The van der Waals surface area contributed by atoms with E-state index >= 15 is 0 Å². The Morgan fingerprint density at radius 3 is 3.00 bits per heavy atom. The molecule has 1 N–H and O–H groups in total. The first kappa shape index (κ1) is 10.7. The van der Waals surface area contributed by atoms with Gasteiger partial charge < -0.3 is 10.1 Å². The molecule has 13 heavy (non-hydrogen) atoms. The average molecular weight is 183 g/mol. The van der Waals surface area contributed by atoms with Crippen molar-refractivity contribution in [3.8, 4) is 0 Å². The highest BCUT2D eigenvalue weighted by molar-refractivity contribution is 4.87. The Morgan fingerprint density at radius 1 is 1.54 bits per heavy atom. The Balaban J connectivity index is 1.95. The molecule has 0 amide bonds. The molecule has 0 saturated carbocycles. The molecular weight excluding hydrogens is 162 g/mol. The van der Waals surface area contributed by atoms with Crippen LogP contribution in [-0.4, -0.2) is 25.8 Å². The number of nitrogens with one attached hydrogen (secondary N) is 1. The van der Waals surface area contributed by atoms with Gasteiger partial charge in [-0.3, -0.25) is 0 Å². The monoisotopic (exact) mass is 183 g/mol. The molecule has 1 atom stereocenters. The van der Waals surface area contributed by atoms with Crippen LogP contribution in [0.4, 0.5) is 0 Å². The number of piperidine rings is 1. The second-order valence-corrected chi connectivity index (χ2v) is 3.95. The van der Waals surface area contributed by atoms with Gasteiger partial charge in [0.25, 0.3) is 0 Å². The number of rotatable bonds is 5. The molecule has 1 saturated heterocycles. The SMILES string of the molecule is C=C(C)COCC[C@H]1CCCCN1. The minimum absolute atomic E-state index is 0.693. The second kappa shape index (κ2) is 6.17. The molecule has 1 rings (SSSR count). The summed E-state index contributed by atoms with van der Waals surface area (Å²) >= 11 is 0. The molecule has 0 spiro atoms. The van der Waals surface area contributed by atoms with Crippen LogP contribution in [0.1, 0.15) is 32.6 Å². The van der Waals surface area contributed by atoms with E-state index in [4.69, 9.17) is 4.74 Å². The summed E-state index contributed by atoms with van der Waals surface area (Å²) in [6.45, 7) is 8.56. The largest absolute Gasteiger partial charge is 0.377 e. The van der Waals surface area contributed by atoms with Gasteiger partial charge in [-0.15, -0.1) is 0 Å². The molecule has 0 aromatic carbocycles. The maximum atomic E-state index is 5.46. The van der Waals surface area contributed by atoms with E-state index in [-0.39, 0.29) is 0 Å². The van der Waals surface area contributed by atoms with Crippen molar-refractivity contribution >= 4 is 0 Å². The van der Waals surface area contributed by atoms with Gasteiger partial charge in [0, 0.05) is 12.6 Å². The Labute approximate surface area is 81.4 Å². The van der Waals surface area contributed by atoms with E-state index in [0.29, 0.717) is 12.6 Å². The third-order valence-electron chi connectivity index (χ3n) is 2.37. The average Bonchev–Trinajstić information content (AvgIpc) is 2.14. The Hall–Kier alpha value is -0.340. The van der Waals surface area contributed by atoms with Crippen LogP contribution in [-0.2, 0) is 4.74 Å². The predicted molar refractivity (Wildman–Crippen MR) is 55.9 cm³/mol. The lowest BCUT2D eigenvalue weighted by molar-refractivity contribution is 0.140. The van der Waals surface area contributed by atoms with E-state index < -0.39 is 0 Å². The maximum absolute atomic E-state index is 5.46. The van der Waals surface area contributed by atoms with Gasteiger partial charge in [-0.2, -0.15) is 0 Å². The van der Waals surface area contributed by atoms with Crippen molar-refractivity contribution < 1.29 is 4.74 Å². The van der Waals surface area contributed by atoms with E-state index in [1.807, 2.05) is 6.92 Å². The molecule has 0 bridgehead atoms. The molecule has 0 aromatic rings. The predicted octanol–water partition coefficient (Wildman–Crippen LogP) is 2.11. The van der Waals surface area contributed by atoms with E-state index in [1.54, 1.807) is 0 Å². The molecule has 2 nitrogen and oxygen atoms in total. The molecule has 0 aliphatic carbocycles. The normalized spacial score (nSPS) is 23.0. The van der Waals surface area contributed by atoms with E-state index in [1.165, 1.54) is 25.8 Å². The van der Waals surface area contributed by atoms with E-state index in [2.05, 4.69) is 11.9 Å². The molecule has 1 fully saturated rings. The first-order chi connectivity index (χ1) is 6.29. The van der Waals surface area contributed by atoms with Crippen molar-refractivity contribution in [3.63, 3.8) is 0 Å². The van der Waals surface area contributed by atoms with Gasteiger partial charge in [-0.05, 0) is 32.7 Å². The first-order valence-electron chi connectivity index (χ1n) is 5.24. The minimum atomic E-state index is 0.693. The summed E-state index contributed by atoms with van der Waals surface area (Å²) in [6, 6.07) is 0.693. The minimum Gasteiger partial charge on any atom is -0.377 e. The molecule has 0 unspecified atom stereocenters. The fraction of sp³-hybridized carbons (Fsp3) is 0.818. The standard InChI is InChI=1S/C11H21NO/c1-10(2)9-13-8-6-11-5-3-4-7-12-11/h11-12H,1,3-9H2,2H3/t11-/m1/s1. The highest BCUT2D eigenvalue weighted by Crippen LogP contribution is 2.09. The van der Waals surface area contributed by atoms with Gasteiger partial charge in [-0.25, -0.2) is 0 Å². The van der Waals surface area contributed by atoms with Crippen molar-refractivity contribution in [1.29, 1.82) is 0 Å². The summed E-state index contributed by atoms with van der Waals surface area (Å²) in [5.74, 6) is 0. The van der Waals surface area contributed by atoms with E-state index in [9.17, 15) is 0 Å². The molecule has 1 heterocycles. The summed E-state index contributed by atoms with van der Waals surface area (Å²) < 4.78 is 5.46. The summed E-state index contributed by atoms with van der Waals surface area (Å²) in [5.41, 5.74) is 1.11. The van der Waals surface area contributed by atoms with Crippen LogP contribution in [0.2, 0.25) is 0 Å². The van der Waals surface area contributed by atoms with Crippen LogP contribution in [0.15, 0.2) is 12.2 Å². The van der Waals surface area contributed by atoms with Gasteiger partial charge in [0.15, 0.2) is 0 Å².